The Morgan fingerprint density at radius 1 is 0.522 bits per heavy atom. The molecule has 1 aliphatic rings. The summed E-state index contributed by atoms with van der Waals surface area (Å²) in [5.41, 5.74) is 2.70. The van der Waals surface area contributed by atoms with E-state index < -0.39 is 0 Å². The lowest BCUT2D eigenvalue weighted by Crippen LogP contribution is -1.88. The Kier molecular flexibility index (Phi) is 6.17. The first-order valence-corrected chi connectivity index (χ1v) is 8.72. The van der Waals surface area contributed by atoms with Gasteiger partial charge in [0.05, 0.1) is 0 Å². The Bertz CT molecular complexity index is 764. The minimum atomic E-state index is 1.01. The summed E-state index contributed by atoms with van der Waals surface area (Å²) in [5, 5.41) is 5.38. The van der Waals surface area contributed by atoms with E-state index in [1.54, 1.807) is 0 Å². The van der Waals surface area contributed by atoms with Gasteiger partial charge < -0.3 is 0 Å². The highest BCUT2D eigenvalue weighted by Gasteiger charge is 2.10. The monoisotopic (exact) mass is 302 g/mol. The Labute approximate surface area is 140 Å². The largest absolute Gasteiger partial charge is 0.0801 e. The fraction of sp³-hybridized carbons (Fsp3) is 0.217. The van der Waals surface area contributed by atoms with Gasteiger partial charge in [-0.05, 0) is 39.1 Å². The van der Waals surface area contributed by atoms with Gasteiger partial charge in [-0.25, -0.2) is 0 Å². The maximum atomic E-state index is 2.27. The number of fused-ring (bicyclic) bond motifs is 6. The van der Waals surface area contributed by atoms with Crippen molar-refractivity contribution in [3.05, 3.63) is 71.8 Å². The molecular weight excluding hydrogens is 276 g/mol. The minimum Gasteiger partial charge on any atom is -0.0801 e. The summed E-state index contributed by atoms with van der Waals surface area (Å²) in [4.78, 5) is 0. The van der Waals surface area contributed by atoms with Crippen molar-refractivity contribution in [3.63, 3.8) is 0 Å². The van der Waals surface area contributed by atoms with Crippen molar-refractivity contribution in [1.82, 2.24) is 0 Å². The molecule has 4 rings (SSSR count). The average molecular weight is 302 g/mol. The SMILES string of the molecule is C1=Cc2c(c3ccccc3c3ccccc23)C=CC1.CC.CC. The van der Waals surface area contributed by atoms with E-state index >= 15 is 0 Å². The van der Waals surface area contributed by atoms with Crippen LogP contribution in [0.4, 0.5) is 0 Å². The lowest BCUT2D eigenvalue weighted by atomic mass is 9.92. The highest BCUT2D eigenvalue weighted by atomic mass is 14.1. The summed E-state index contributed by atoms with van der Waals surface area (Å²) < 4.78 is 0. The molecule has 0 heteroatoms. The summed E-state index contributed by atoms with van der Waals surface area (Å²) in [6, 6.07) is 17.4. The van der Waals surface area contributed by atoms with Gasteiger partial charge in [0.1, 0.15) is 0 Å². The number of benzene rings is 3. The maximum Gasteiger partial charge on any atom is -0.00990 e. The lowest BCUT2D eigenvalue weighted by molar-refractivity contribution is 1.44. The Hall–Kier alpha value is -2.34. The minimum absolute atomic E-state index is 1.01. The predicted octanol–water partition coefficient (Wildman–Crippen LogP) is 7.48. The molecule has 0 heterocycles. The third kappa shape index (κ3) is 3.22. The molecule has 1 aliphatic carbocycles. The van der Waals surface area contributed by atoms with Crippen LogP contribution < -0.4 is 0 Å². The first-order chi connectivity index (χ1) is 11.4. The first-order valence-electron chi connectivity index (χ1n) is 8.72. The third-order valence-corrected chi connectivity index (χ3v) is 3.86. The van der Waals surface area contributed by atoms with Crippen LogP contribution in [0.15, 0.2) is 60.7 Å². The van der Waals surface area contributed by atoms with E-state index in [1.165, 1.54) is 32.7 Å². The van der Waals surface area contributed by atoms with Crippen molar-refractivity contribution in [2.45, 2.75) is 34.1 Å². The molecule has 23 heavy (non-hydrogen) atoms. The molecule has 0 spiro atoms. The standard InChI is InChI=1S/C19H14.2C2H6/c1-2-8-14-15(9-3-1)17-11-5-7-13-19(17)18-12-6-4-10-16(14)18;2*1-2/h2-13H,1H2;2*1-2H3. The van der Waals surface area contributed by atoms with Crippen LogP contribution in [0.3, 0.4) is 0 Å². The Morgan fingerprint density at radius 2 is 0.870 bits per heavy atom. The van der Waals surface area contributed by atoms with E-state index in [-0.39, 0.29) is 0 Å². The van der Waals surface area contributed by atoms with Crippen molar-refractivity contribution in [1.29, 1.82) is 0 Å². The van der Waals surface area contributed by atoms with E-state index in [0.29, 0.717) is 0 Å². The van der Waals surface area contributed by atoms with Gasteiger partial charge in [0.15, 0.2) is 0 Å². The molecule has 0 aromatic heterocycles. The number of allylic oxidation sites excluding steroid dienone is 2. The zero-order chi connectivity index (χ0) is 16.7. The van der Waals surface area contributed by atoms with Gasteiger partial charge in [-0.3, -0.25) is 0 Å². The first kappa shape index (κ1) is 17.0. The molecule has 3 aromatic carbocycles. The van der Waals surface area contributed by atoms with Crippen molar-refractivity contribution in [2.24, 2.45) is 0 Å². The van der Waals surface area contributed by atoms with E-state index in [1.807, 2.05) is 27.7 Å². The summed E-state index contributed by atoms with van der Waals surface area (Å²) in [6.07, 6.45) is 10.0. The van der Waals surface area contributed by atoms with Crippen molar-refractivity contribution in [2.75, 3.05) is 0 Å². The highest BCUT2D eigenvalue weighted by molar-refractivity contribution is 6.14. The van der Waals surface area contributed by atoms with Crippen LogP contribution in [0.1, 0.15) is 45.2 Å². The molecule has 0 N–H and O–H groups in total. The molecule has 0 amide bonds. The molecule has 0 fully saturated rings. The topological polar surface area (TPSA) is 0 Å². The van der Waals surface area contributed by atoms with Gasteiger partial charge >= 0.3 is 0 Å². The zero-order valence-electron chi connectivity index (χ0n) is 14.6. The second-order valence-corrected chi connectivity index (χ2v) is 4.96. The molecule has 0 bridgehead atoms. The molecule has 118 valence electrons. The van der Waals surface area contributed by atoms with E-state index in [4.69, 9.17) is 0 Å². The Morgan fingerprint density at radius 3 is 1.26 bits per heavy atom. The summed E-state index contributed by atoms with van der Waals surface area (Å²) in [6.45, 7) is 8.00. The van der Waals surface area contributed by atoms with Crippen LogP contribution in [-0.4, -0.2) is 0 Å². The molecule has 3 aromatic rings. The molecule has 0 aliphatic heterocycles. The van der Waals surface area contributed by atoms with E-state index in [2.05, 4.69) is 72.8 Å². The molecule has 0 unspecified atom stereocenters. The highest BCUT2D eigenvalue weighted by Crippen LogP contribution is 2.35. The van der Waals surface area contributed by atoms with E-state index in [0.717, 1.165) is 6.42 Å². The van der Waals surface area contributed by atoms with Gasteiger partial charge in [0.2, 0.25) is 0 Å². The van der Waals surface area contributed by atoms with Crippen molar-refractivity contribution >= 4 is 33.7 Å². The predicted molar refractivity (Wildman–Crippen MR) is 107 cm³/mol. The fourth-order valence-electron chi connectivity index (χ4n) is 3.01. The molecule has 0 saturated carbocycles. The van der Waals surface area contributed by atoms with Crippen LogP contribution in [0.2, 0.25) is 0 Å². The number of hydrogen-bond acceptors (Lipinski definition) is 0. The zero-order valence-corrected chi connectivity index (χ0v) is 14.6. The van der Waals surface area contributed by atoms with Gasteiger partial charge in [-0.2, -0.15) is 0 Å². The van der Waals surface area contributed by atoms with Crippen LogP contribution in [0.25, 0.3) is 33.7 Å². The summed E-state index contributed by atoms with van der Waals surface area (Å²) >= 11 is 0. The maximum absolute atomic E-state index is 2.27. The molecule has 0 saturated heterocycles. The molecular formula is C23H26. The Balaban J connectivity index is 0.000000448. The van der Waals surface area contributed by atoms with Gasteiger partial charge in [0, 0.05) is 0 Å². The van der Waals surface area contributed by atoms with Crippen molar-refractivity contribution in [3.8, 4) is 0 Å². The molecule has 0 radical (unpaired) electrons. The van der Waals surface area contributed by atoms with Crippen LogP contribution in [0.5, 0.6) is 0 Å². The normalized spacial score (nSPS) is 11.8. The lowest BCUT2D eigenvalue weighted by Gasteiger charge is -2.12. The number of rotatable bonds is 0. The second kappa shape index (κ2) is 8.33. The van der Waals surface area contributed by atoms with Crippen LogP contribution >= 0.6 is 0 Å². The molecule has 0 nitrogen and oxygen atoms in total. The summed E-state index contributed by atoms with van der Waals surface area (Å²) in [5.74, 6) is 0. The average Bonchev–Trinajstić information content (AvgIpc) is 2.92. The fourth-order valence-corrected chi connectivity index (χ4v) is 3.01. The summed E-state index contributed by atoms with van der Waals surface area (Å²) in [7, 11) is 0. The smallest absolute Gasteiger partial charge is 0.00990 e. The van der Waals surface area contributed by atoms with Crippen LogP contribution in [-0.2, 0) is 0 Å². The quantitative estimate of drug-likeness (QED) is 0.378. The van der Waals surface area contributed by atoms with E-state index in [9.17, 15) is 0 Å². The second-order valence-electron chi connectivity index (χ2n) is 4.96. The van der Waals surface area contributed by atoms with Gasteiger partial charge in [-0.1, -0.05) is 101 Å². The molecule has 0 atom stereocenters. The van der Waals surface area contributed by atoms with Crippen LogP contribution in [0, 0.1) is 0 Å². The van der Waals surface area contributed by atoms with Gasteiger partial charge in [0.25, 0.3) is 0 Å². The third-order valence-electron chi connectivity index (χ3n) is 3.86. The van der Waals surface area contributed by atoms with Crippen molar-refractivity contribution < 1.29 is 0 Å². The van der Waals surface area contributed by atoms with Gasteiger partial charge in [-0.15, -0.1) is 0 Å². The number of hydrogen-bond donors (Lipinski definition) is 0.